The van der Waals surface area contributed by atoms with Crippen molar-refractivity contribution in [1.82, 2.24) is 9.80 Å². The number of rotatable bonds is 7. The van der Waals surface area contributed by atoms with Crippen molar-refractivity contribution < 1.29 is 4.74 Å². The van der Waals surface area contributed by atoms with Crippen molar-refractivity contribution in [2.24, 2.45) is 0 Å². The third kappa shape index (κ3) is 7.17. The lowest BCUT2D eigenvalue weighted by Gasteiger charge is -2.26. The highest BCUT2D eigenvalue weighted by molar-refractivity contribution is 5.16. The molecule has 0 amide bonds. The molecule has 0 aromatic carbocycles. The van der Waals surface area contributed by atoms with Crippen molar-refractivity contribution in [3.63, 3.8) is 0 Å². The molecular formula is C12H24N2O. The first kappa shape index (κ1) is 14.2. The summed E-state index contributed by atoms with van der Waals surface area (Å²) in [5, 5.41) is 0. The monoisotopic (exact) mass is 212 g/mol. The molecule has 0 bridgehead atoms. The van der Waals surface area contributed by atoms with Crippen molar-refractivity contribution in [3.8, 4) is 0 Å². The zero-order valence-electron chi connectivity index (χ0n) is 10.7. The van der Waals surface area contributed by atoms with E-state index in [1.807, 2.05) is 35.1 Å². The van der Waals surface area contributed by atoms with Crippen LogP contribution in [-0.2, 0) is 4.74 Å². The summed E-state index contributed by atoms with van der Waals surface area (Å²) in [6.45, 7) is 11.3. The maximum Gasteiger partial charge on any atom is 0.124 e. The Kier molecular flexibility index (Phi) is 6.29. The highest BCUT2D eigenvalue weighted by atomic mass is 16.5. The quantitative estimate of drug-likeness (QED) is 0.471. The fourth-order valence-electron chi connectivity index (χ4n) is 1.25. The van der Waals surface area contributed by atoms with E-state index in [1.54, 1.807) is 0 Å². The molecule has 0 spiro atoms. The molecule has 0 N–H and O–H groups in total. The lowest BCUT2D eigenvalue weighted by Crippen LogP contribution is -2.36. The van der Waals surface area contributed by atoms with Crippen molar-refractivity contribution in [3.05, 3.63) is 24.5 Å². The predicted molar refractivity (Wildman–Crippen MR) is 65.9 cm³/mol. The second kappa shape index (κ2) is 6.64. The lowest BCUT2D eigenvalue weighted by molar-refractivity contribution is 0.0730. The van der Waals surface area contributed by atoms with Gasteiger partial charge in [0.1, 0.15) is 11.9 Å². The molecule has 3 heteroatoms. The molecule has 0 aromatic heterocycles. The first-order valence-electron chi connectivity index (χ1n) is 5.13. The highest BCUT2D eigenvalue weighted by Crippen LogP contribution is 2.10. The molecule has 0 unspecified atom stereocenters. The first-order chi connectivity index (χ1) is 6.82. The summed E-state index contributed by atoms with van der Waals surface area (Å²) in [5.74, 6) is 0.684. The fraction of sp³-hybridized carbons (Fsp3) is 0.667. The van der Waals surface area contributed by atoms with E-state index in [0.717, 1.165) is 18.7 Å². The van der Waals surface area contributed by atoms with E-state index >= 15 is 0 Å². The van der Waals surface area contributed by atoms with Crippen molar-refractivity contribution in [2.45, 2.75) is 13.0 Å². The van der Waals surface area contributed by atoms with Crippen LogP contribution in [0.3, 0.4) is 0 Å². The number of hydrogen-bond acceptors (Lipinski definition) is 3. The first-order valence-corrected chi connectivity index (χ1v) is 5.13. The van der Waals surface area contributed by atoms with Crippen LogP contribution in [0.2, 0.25) is 0 Å². The van der Waals surface area contributed by atoms with E-state index in [0.29, 0.717) is 5.76 Å². The molecule has 0 saturated carbocycles. The highest BCUT2D eigenvalue weighted by Gasteiger charge is 2.13. The van der Waals surface area contributed by atoms with Crippen molar-refractivity contribution >= 4 is 0 Å². The van der Waals surface area contributed by atoms with E-state index in [-0.39, 0.29) is 6.10 Å². The molecule has 0 aliphatic carbocycles. The van der Waals surface area contributed by atoms with Crippen LogP contribution in [0.25, 0.3) is 0 Å². The third-order valence-electron chi connectivity index (χ3n) is 1.92. The standard InChI is InChI=1S/C12H24N2O/c1-10(2)11(3)15-12(8-13(4)5)9-14(6)7/h12H,1,3,8-9H2,2,4-7H3. The van der Waals surface area contributed by atoms with Crippen LogP contribution in [0.4, 0.5) is 0 Å². The number of nitrogens with zero attached hydrogens (tertiary/aromatic N) is 2. The molecule has 0 heterocycles. The number of likely N-dealkylation sites (N-methyl/N-ethyl adjacent to an activating group) is 2. The Hall–Kier alpha value is -0.800. The number of allylic oxidation sites excluding steroid dienone is 1. The van der Waals surface area contributed by atoms with E-state index in [4.69, 9.17) is 4.74 Å². The normalized spacial score (nSPS) is 11.2. The Morgan fingerprint density at radius 2 is 1.47 bits per heavy atom. The maximum atomic E-state index is 5.76. The Labute approximate surface area is 94.0 Å². The van der Waals surface area contributed by atoms with Crippen molar-refractivity contribution in [1.29, 1.82) is 0 Å². The minimum atomic E-state index is 0.138. The van der Waals surface area contributed by atoms with Gasteiger partial charge in [-0.05, 0) is 40.7 Å². The summed E-state index contributed by atoms with van der Waals surface area (Å²) in [6, 6.07) is 0. The van der Waals surface area contributed by atoms with Gasteiger partial charge < -0.3 is 14.5 Å². The summed E-state index contributed by atoms with van der Waals surface area (Å²) >= 11 is 0. The summed E-state index contributed by atoms with van der Waals surface area (Å²) in [5.41, 5.74) is 0.887. The predicted octanol–water partition coefficient (Wildman–Crippen LogP) is 1.58. The van der Waals surface area contributed by atoms with Gasteiger partial charge in [-0.1, -0.05) is 13.2 Å². The average molecular weight is 212 g/mol. The van der Waals surface area contributed by atoms with Gasteiger partial charge in [0, 0.05) is 13.1 Å². The van der Waals surface area contributed by atoms with E-state index in [2.05, 4.69) is 23.0 Å². The van der Waals surface area contributed by atoms with Crippen LogP contribution in [0.15, 0.2) is 24.5 Å². The van der Waals surface area contributed by atoms with Crippen molar-refractivity contribution in [2.75, 3.05) is 41.3 Å². The van der Waals surface area contributed by atoms with Gasteiger partial charge in [-0.3, -0.25) is 0 Å². The van der Waals surface area contributed by atoms with Gasteiger partial charge >= 0.3 is 0 Å². The molecule has 0 aliphatic rings. The molecule has 0 radical (unpaired) electrons. The zero-order chi connectivity index (χ0) is 12.0. The number of ether oxygens (including phenoxy) is 1. The van der Waals surface area contributed by atoms with Gasteiger partial charge in [0.2, 0.25) is 0 Å². The lowest BCUT2D eigenvalue weighted by atomic mass is 10.2. The molecule has 0 aliphatic heterocycles. The summed E-state index contributed by atoms with van der Waals surface area (Å²) < 4.78 is 5.76. The summed E-state index contributed by atoms with van der Waals surface area (Å²) in [4.78, 5) is 4.22. The van der Waals surface area contributed by atoms with Crippen LogP contribution in [0, 0.1) is 0 Å². The van der Waals surface area contributed by atoms with Crippen LogP contribution >= 0.6 is 0 Å². The molecule has 0 fully saturated rings. The van der Waals surface area contributed by atoms with Crippen LogP contribution in [-0.4, -0.2) is 57.2 Å². The van der Waals surface area contributed by atoms with Gasteiger partial charge in [0.05, 0.1) is 0 Å². The molecule has 0 rings (SSSR count). The smallest absolute Gasteiger partial charge is 0.124 e. The second-order valence-electron chi connectivity index (χ2n) is 4.47. The third-order valence-corrected chi connectivity index (χ3v) is 1.92. The second-order valence-corrected chi connectivity index (χ2v) is 4.47. The van der Waals surface area contributed by atoms with E-state index in [1.165, 1.54) is 0 Å². The van der Waals surface area contributed by atoms with Gasteiger partial charge in [-0.15, -0.1) is 0 Å². The molecule has 0 saturated heterocycles. The number of hydrogen-bond donors (Lipinski definition) is 0. The van der Waals surface area contributed by atoms with E-state index in [9.17, 15) is 0 Å². The minimum Gasteiger partial charge on any atom is -0.488 e. The molecule has 0 atom stereocenters. The zero-order valence-corrected chi connectivity index (χ0v) is 10.7. The summed E-state index contributed by atoms with van der Waals surface area (Å²) in [7, 11) is 8.15. The van der Waals surface area contributed by atoms with E-state index < -0.39 is 0 Å². The van der Waals surface area contributed by atoms with Crippen LogP contribution < -0.4 is 0 Å². The largest absolute Gasteiger partial charge is 0.488 e. The van der Waals surface area contributed by atoms with Crippen LogP contribution in [0.1, 0.15) is 6.92 Å². The Morgan fingerprint density at radius 1 is 1.07 bits per heavy atom. The molecule has 15 heavy (non-hydrogen) atoms. The topological polar surface area (TPSA) is 15.7 Å². The Bertz CT molecular complexity index is 212. The van der Waals surface area contributed by atoms with Crippen LogP contribution in [0.5, 0.6) is 0 Å². The Morgan fingerprint density at radius 3 is 1.73 bits per heavy atom. The molecular weight excluding hydrogens is 188 g/mol. The minimum absolute atomic E-state index is 0.138. The maximum absolute atomic E-state index is 5.76. The summed E-state index contributed by atoms with van der Waals surface area (Å²) in [6.07, 6.45) is 0.138. The SMILES string of the molecule is C=C(C)C(=C)OC(CN(C)C)CN(C)C. The Balaban J connectivity index is 4.23. The molecule has 0 aromatic rings. The fourth-order valence-corrected chi connectivity index (χ4v) is 1.25. The van der Waals surface area contributed by atoms with Gasteiger partial charge in [0.15, 0.2) is 0 Å². The average Bonchev–Trinajstić information content (AvgIpc) is 2.00. The van der Waals surface area contributed by atoms with Gasteiger partial charge in [0.25, 0.3) is 0 Å². The van der Waals surface area contributed by atoms with Gasteiger partial charge in [-0.2, -0.15) is 0 Å². The molecule has 88 valence electrons. The molecule has 3 nitrogen and oxygen atoms in total. The van der Waals surface area contributed by atoms with Gasteiger partial charge in [-0.25, -0.2) is 0 Å².